The summed E-state index contributed by atoms with van der Waals surface area (Å²) in [6, 6.07) is 30.2. The molecule has 0 radical (unpaired) electrons. The number of nitrogens with zero attached hydrogens (tertiary/aromatic N) is 3. The third-order valence-electron chi connectivity index (χ3n) is 10.1. The summed E-state index contributed by atoms with van der Waals surface area (Å²) in [7, 11) is 0. The lowest BCUT2D eigenvalue weighted by Gasteiger charge is -2.21. The van der Waals surface area contributed by atoms with E-state index in [0.717, 1.165) is 71.9 Å². The minimum atomic E-state index is -5.12. The molecule has 52 heavy (non-hydrogen) atoms. The largest absolute Gasteiger partial charge is 0.417 e. The molecule has 6 aromatic carbocycles. The molecule has 0 N–H and O–H groups in total. The molecule has 0 saturated heterocycles. The fraction of sp³-hybridized carbons (Fsp3) is 0.140. The van der Waals surface area contributed by atoms with E-state index in [1.54, 1.807) is 0 Å². The van der Waals surface area contributed by atoms with Crippen molar-refractivity contribution < 1.29 is 26.3 Å². The first-order valence-electron chi connectivity index (χ1n) is 16.6. The van der Waals surface area contributed by atoms with E-state index in [1.165, 1.54) is 12.1 Å². The van der Waals surface area contributed by atoms with Crippen LogP contribution < -0.4 is 0 Å². The summed E-state index contributed by atoms with van der Waals surface area (Å²) < 4.78 is 89.5. The SMILES string of the molecule is Cc1cccc2c1c1c(C)cccc1n2-c1cc(-c2ccc(C(F)(F)F)cc2C(F)(F)F)cc(-n2c3cccc(C)c3c3c(C)cccc32)c1C#N. The standard InChI is InChI=1S/C43H29F6N3/c1-23-9-5-13-32-38(23)39-24(2)10-6-14-33(39)51(32)36-19-27(29-18-17-28(42(44,45)46)21-31(29)43(47,48)49)20-37(30(36)22-50)52-34-15-7-11-25(3)40(34)41-26(4)12-8-16-35(41)52/h5-21H,1-4H3. The van der Waals surface area contributed by atoms with E-state index in [-0.39, 0.29) is 17.2 Å². The lowest BCUT2D eigenvalue weighted by atomic mass is 9.94. The maximum atomic E-state index is 14.8. The van der Waals surface area contributed by atoms with Gasteiger partial charge in [-0.2, -0.15) is 31.6 Å². The van der Waals surface area contributed by atoms with Crippen LogP contribution in [-0.2, 0) is 12.4 Å². The highest BCUT2D eigenvalue weighted by atomic mass is 19.4. The normalized spacial score (nSPS) is 12.4. The van der Waals surface area contributed by atoms with Crippen LogP contribution in [0.3, 0.4) is 0 Å². The first-order valence-corrected chi connectivity index (χ1v) is 16.6. The first-order chi connectivity index (χ1) is 24.7. The predicted octanol–water partition coefficient (Wildman–Crippen LogP) is 12.7. The molecule has 0 spiro atoms. The van der Waals surface area contributed by atoms with Crippen molar-refractivity contribution >= 4 is 43.6 Å². The highest BCUT2D eigenvalue weighted by Gasteiger charge is 2.39. The summed E-state index contributed by atoms with van der Waals surface area (Å²) in [5.74, 6) is 0. The molecule has 0 saturated carbocycles. The van der Waals surface area contributed by atoms with E-state index in [2.05, 4.69) is 6.07 Å². The Bertz CT molecular complexity index is 2560. The van der Waals surface area contributed by atoms with Gasteiger partial charge < -0.3 is 9.13 Å². The van der Waals surface area contributed by atoms with Crippen LogP contribution in [0.1, 0.15) is 38.9 Å². The number of alkyl halides is 6. The summed E-state index contributed by atoms with van der Waals surface area (Å²) in [6.45, 7) is 7.91. The second-order valence-corrected chi connectivity index (χ2v) is 13.3. The Morgan fingerprint density at radius 3 is 1.21 bits per heavy atom. The molecule has 0 amide bonds. The number of fused-ring (bicyclic) bond motifs is 6. The van der Waals surface area contributed by atoms with E-state index < -0.39 is 29.0 Å². The summed E-state index contributed by atoms with van der Waals surface area (Å²) in [5, 5.41) is 14.8. The number of halogens is 6. The van der Waals surface area contributed by atoms with Crippen molar-refractivity contribution in [3.63, 3.8) is 0 Å². The Balaban J connectivity index is 1.60. The quantitative estimate of drug-likeness (QED) is 0.169. The smallest absolute Gasteiger partial charge is 0.308 e. The molecule has 8 rings (SSSR count). The Kier molecular flexibility index (Phi) is 7.33. The van der Waals surface area contributed by atoms with Crippen molar-refractivity contribution in [2.45, 2.75) is 40.0 Å². The van der Waals surface area contributed by atoms with Crippen LogP contribution in [-0.4, -0.2) is 9.13 Å². The molecular formula is C43H29F6N3. The first kappa shape index (κ1) is 33.2. The van der Waals surface area contributed by atoms with Crippen LogP contribution in [0.2, 0.25) is 0 Å². The number of rotatable bonds is 3. The molecule has 3 nitrogen and oxygen atoms in total. The molecule has 0 fully saturated rings. The number of hydrogen-bond donors (Lipinski definition) is 0. The second kappa shape index (κ2) is 11.5. The molecule has 9 heteroatoms. The van der Waals surface area contributed by atoms with Gasteiger partial charge in [-0.25, -0.2) is 0 Å². The van der Waals surface area contributed by atoms with Gasteiger partial charge in [0.25, 0.3) is 0 Å². The topological polar surface area (TPSA) is 33.6 Å². The molecule has 0 aliphatic rings. The summed E-state index contributed by atoms with van der Waals surface area (Å²) >= 11 is 0. The predicted molar refractivity (Wildman–Crippen MR) is 194 cm³/mol. The van der Waals surface area contributed by atoms with Gasteiger partial charge in [-0.05, 0) is 110 Å². The maximum absolute atomic E-state index is 14.8. The van der Waals surface area contributed by atoms with Gasteiger partial charge in [-0.15, -0.1) is 0 Å². The minimum absolute atomic E-state index is 0.00987. The van der Waals surface area contributed by atoms with Crippen molar-refractivity contribution in [3.8, 4) is 28.6 Å². The van der Waals surface area contributed by atoms with Gasteiger partial charge in [-0.3, -0.25) is 0 Å². The van der Waals surface area contributed by atoms with Gasteiger partial charge in [0.1, 0.15) is 11.6 Å². The van der Waals surface area contributed by atoms with Crippen molar-refractivity contribution in [2.24, 2.45) is 0 Å². The Morgan fingerprint density at radius 2 is 0.885 bits per heavy atom. The fourth-order valence-electron chi connectivity index (χ4n) is 7.88. The molecular weight excluding hydrogens is 672 g/mol. The average molecular weight is 702 g/mol. The van der Waals surface area contributed by atoms with Gasteiger partial charge in [0.05, 0.1) is 44.6 Å². The summed E-state index contributed by atoms with van der Waals surface area (Å²) in [5.41, 5.74) is 4.38. The van der Waals surface area contributed by atoms with Crippen LogP contribution in [0, 0.1) is 39.0 Å². The second-order valence-electron chi connectivity index (χ2n) is 13.3. The summed E-state index contributed by atoms with van der Waals surface area (Å²) in [6.07, 6.45) is -10.1. The minimum Gasteiger partial charge on any atom is -0.308 e. The highest BCUT2D eigenvalue weighted by molar-refractivity contribution is 6.14. The fourth-order valence-corrected chi connectivity index (χ4v) is 7.88. The molecule has 0 atom stereocenters. The lowest BCUT2D eigenvalue weighted by Crippen LogP contribution is -2.12. The zero-order valence-electron chi connectivity index (χ0n) is 28.4. The van der Waals surface area contributed by atoms with Crippen LogP contribution >= 0.6 is 0 Å². The van der Waals surface area contributed by atoms with E-state index in [9.17, 15) is 31.6 Å². The van der Waals surface area contributed by atoms with Crippen molar-refractivity contribution in [1.29, 1.82) is 5.26 Å². The molecule has 2 heterocycles. The molecule has 0 aliphatic heterocycles. The molecule has 258 valence electrons. The zero-order valence-corrected chi connectivity index (χ0v) is 28.4. The van der Waals surface area contributed by atoms with Crippen molar-refractivity contribution in [1.82, 2.24) is 9.13 Å². The Hall–Kier alpha value is -6.01. The van der Waals surface area contributed by atoms with Crippen molar-refractivity contribution in [2.75, 3.05) is 0 Å². The molecule has 0 aliphatic carbocycles. The average Bonchev–Trinajstić information content (AvgIpc) is 3.62. The third kappa shape index (κ3) is 4.89. The van der Waals surface area contributed by atoms with Crippen LogP contribution in [0.25, 0.3) is 66.1 Å². The monoisotopic (exact) mass is 701 g/mol. The Labute approximate surface area is 294 Å². The van der Waals surface area contributed by atoms with E-state index in [4.69, 9.17) is 0 Å². The molecule has 0 bridgehead atoms. The van der Waals surface area contributed by atoms with Crippen LogP contribution in [0.5, 0.6) is 0 Å². The zero-order chi connectivity index (χ0) is 36.9. The van der Waals surface area contributed by atoms with Gasteiger partial charge in [0.15, 0.2) is 0 Å². The van der Waals surface area contributed by atoms with E-state index >= 15 is 0 Å². The highest BCUT2D eigenvalue weighted by Crippen LogP contribution is 2.45. The van der Waals surface area contributed by atoms with E-state index in [1.807, 2.05) is 110 Å². The lowest BCUT2D eigenvalue weighted by molar-refractivity contribution is -0.142. The van der Waals surface area contributed by atoms with Crippen LogP contribution in [0.15, 0.2) is 103 Å². The van der Waals surface area contributed by atoms with Crippen LogP contribution in [0.4, 0.5) is 26.3 Å². The number of nitriles is 1. The number of aromatic nitrogens is 2. The number of aryl methyl sites for hydroxylation is 4. The third-order valence-corrected chi connectivity index (χ3v) is 10.1. The van der Waals surface area contributed by atoms with Gasteiger partial charge >= 0.3 is 12.4 Å². The molecule has 0 unspecified atom stereocenters. The van der Waals surface area contributed by atoms with Gasteiger partial charge in [0, 0.05) is 21.5 Å². The van der Waals surface area contributed by atoms with Gasteiger partial charge in [-0.1, -0.05) is 54.6 Å². The van der Waals surface area contributed by atoms with Crippen molar-refractivity contribution in [3.05, 3.63) is 142 Å². The van der Waals surface area contributed by atoms with E-state index in [0.29, 0.717) is 17.4 Å². The molecule has 2 aromatic heterocycles. The maximum Gasteiger partial charge on any atom is 0.417 e. The summed E-state index contributed by atoms with van der Waals surface area (Å²) in [4.78, 5) is 0. The van der Waals surface area contributed by atoms with Gasteiger partial charge in [0.2, 0.25) is 0 Å². The Morgan fingerprint density at radius 1 is 0.500 bits per heavy atom. The number of benzene rings is 6. The number of hydrogen-bond acceptors (Lipinski definition) is 1. The molecule has 8 aromatic rings.